The van der Waals surface area contributed by atoms with Gasteiger partial charge in [-0.25, -0.2) is 14.2 Å². The number of aromatic nitrogens is 2. The fourth-order valence-corrected chi connectivity index (χ4v) is 3.86. The maximum Gasteiger partial charge on any atom is 0.337 e. The molecule has 2 aromatic carbocycles. The number of hydrogen-bond donors (Lipinski definition) is 1. The molecule has 0 amide bonds. The van der Waals surface area contributed by atoms with Crippen LogP contribution in [-0.4, -0.2) is 26.1 Å². The predicted octanol–water partition coefficient (Wildman–Crippen LogP) is 5.38. The number of carbonyl (C=O) groups excluding carboxylic acids is 1. The van der Waals surface area contributed by atoms with E-state index in [0.717, 1.165) is 24.0 Å². The van der Waals surface area contributed by atoms with Crippen LogP contribution in [0.1, 0.15) is 72.4 Å². The maximum atomic E-state index is 15.1. The summed E-state index contributed by atoms with van der Waals surface area (Å²) in [6, 6.07) is 13.9. The standard InChI is InChI=1S/C26H29FN2O4/c1-3-5-11-22-24(27)29(23(30)12-6-4-2)26(33)28(22)17-18-13-15-19(16-14-18)20-9-7-8-10-21(20)25(31)32/h7-10,13-16H,3-6,11-12,17H2,1-2H3,(H,31,32). The summed E-state index contributed by atoms with van der Waals surface area (Å²) in [4.78, 5) is 37.0. The second kappa shape index (κ2) is 10.9. The molecule has 1 aromatic heterocycles. The van der Waals surface area contributed by atoms with Gasteiger partial charge in [-0.05, 0) is 42.0 Å². The largest absolute Gasteiger partial charge is 0.478 e. The Hall–Kier alpha value is -3.48. The lowest BCUT2D eigenvalue weighted by Gasteiger charge is -2.09. The first-order valence-electron chi connectivity index (χ1n) is 11.3. The van der Waals surface area contributed by atoms with Gasteiger partial charge in [0.1, 0.15) is 0 Å². The van der Waals surface area contributed by atoms with Gasteiger partial charge in [0.15, 0.2) is 0 Å². The van der Waals surface area contributed by atoms with Crippen molar-refractivity contribution in [3.8, 4) is 11.1 Å². The number of carbonyl (C=O) groups is 2. The van der Waals surface area contributed by atoms with E-state index in [1.54, 1.807) is 48.5 Å². The van der Waals surface area contributed by atoms with Crippen LogP contribution in [0.15, 0.2) is 53.3 Å². The molecule has 6 nitrogen and oxygen atoms in total. The normalized spacial score (nSPS) is 11.0. The van der Waals surface area contributed by atoms with Gasteiger partial charge >= 0.3 is 11.7 Å². The minimum absolute atomic E-state index is 0.127. The fraction of sp³-hybridized carbons (Fsp3) is 0.346. The maximum absolute atomic E-state index is 15.1. The molecule has 0 atom stereocenters. The summed E-state index contributed by atoms with van der Waals surface area (Å²) in [7, 11) is 0. The lowest BCUT2D eigenvalue weighted by molar-refractivity contribution is 0.0697. The Morgan fingerprint density at radius 2 is 1.64 bits per heavy atom. The first-order chi connectivity index (χ1) is 15.9. The Morgan fingerprint density at radius 1 is 0.970 bits per heavy atom. The van der Waals surface area contributed by atoms with Gasteiger partial charge in [-0.3, -0.25) is 9.36 Å². The van der Waals surface area contributed by atoms with Crippen molar-refractivity contribution in [2.24, 2.45) is 0 Å². The molecule has 3 rings (SSSR count). The van der Waals surface area contributed by atoms with E-state index in [-0.39, 0.29) is 24.2 Å². The molecule has 0 saturated heterocycles. The SMILES string of the molecule is CCCCC(=O)n1c(F)c(CCCC)n(Cc2ccc(-c3ccccc3C(=O)O)cc2)c1=O. The number of hydrogen-bond acceptors (Lipinski definition) is 3. The number of nitrogens with zero attached hydrogens (tertiary/aromatic N) is 2. The van der Waals surface area contributed by atoms with Gasteiger partial charge in [0, 0.05) is 6.42 Å². The van der Waals surface area contributed by atoms with E-state index in [2.05, 4.69) is 0 Å². The van der Waals surface area contributed by atoms with E-state index in [4.69, 9.17) is 0 Å². The van der Waals surface area contributed by atoms with Crippen molar-refractivity contribution in [2.45, 2.75) is 58.9 Å². The van der Waals surface area contributed by atoms with E-state index < -0.39 is 23.5 Å². The summed E-state index contributed by atoms with van der Waals surface area (Å²) in [5.41, 5.74) is 1.87. The zero-order valence-corrected chi connectivity index (χ0v) is 19.0. The number of halogens is 1. The topological polar surface area (TPSA) is 81.3 Å². The van der Waals surface area contributed by atoms with Crippen molar-refractivity contribution in [2.75, 3.05) is 0 Å². The van der Waals surface area contributed by atoms with Crippen molar-refractivity contribution >= 4 is 11.9 Å². The monoisotopic (exact) mass is 452 g/mol. The zero-order chi connectivity index (χ0) is 24.0. The van der Waals surface area contributed by atoms with Gasteiger partial charge < -0.3 is 5.11 Å². The number of imidazole rings is 1. The van der Waals surface area contributed by atoms with E-state index in [1.165, 1.54) is 4.57 Å². The summed E-state index contributed by atoms with van der Waals surface area (Å²) in [5, 5.41) is 9.43. The second-order valence-corrected chi connectivity index (χ2v) is 8.09. The van der Waals surface area contributed by atoms with Crippen molar-refractivity contribution < 1.29 is 19.1 Å². The molecule has 3 aromatic rings. The molecule has 0 unspecified atom stereocenters. The van der Waals surface area contributed by atoms with Crippen molar-refractivity contribution in [3.63, 3.8) is 0 Å². The highest BCUT2D eigenvalue weighted by Crippen LogP contribution is 2.24. The summed E-state index contributed by atoms with van der Waals surface area (Å²) >= 11 is 0. The number of carboxylic acid groups (broad SMARTS) is 1. The van der Waals surface area contributed by atoms with Gasteiger partial charge in [-0.2, -0.15) is 4.39 Å². The third-order valence-corrected chi connectivity index (χ3v) is 5.71. The first kappa shape index (κ1) is 24.2. The molecule has 0 aliphatic carbocycles. The minimum atomic E-state index is -1.01. The van der Waals surface area contributed by atoms with Crippen LogP contribution in [0.25, 0.3) is 11.1 Å². The number of benzene rings is 2. The summed E-state index contributed by atoms with van der Waals surface area (Å²) in [6.07, 6.45) is 3.41. The second-order valence-electron chi connectivity index (χ2n) is 8.09. The third-order valence-electron chi connectivity index (χ3n) is 5.71. The Balaban J connectivity index is 1.95. The highest BCUT2D eigenvalue weighted by atomic mass is 19.1. The molecule has 0 bridgehead atoms. The Kier molecular flexibility index (Phi) is 7.98. The number of aromatic carboxylic acids is 1. The average Bonchev–Trinajstić information content (AvgIpc) is 3.05. The van der Waals surface area contributed by atoms with Crippen LogP contribution in [0, 0.1) is 5.95 Å². The molecule has 0 fully saturated rings. The van der Waals surface area contributed by atoms with Crippen LogP contribution >= 0.6 is 0 Å². The lowest BCUT2D eigenvalue weighted by atomic mass is 9.99. The van der Waals surface area contributed by atoms with Gasteiger partial charge in [-0.15, -0.1) is 0 Å². The van der Waals surface area contributed by atoms with Crippen LogP contribution in [0.5, 0.6) is 0 Å². The van der Waals surface area contributed by atoms with Crippen LogP contribution in [0.4, 0.5) is 4.39 Å². The fourth-order valence-electron chi connectivity index (χ4n) is 3.86. The van der Waals surface area contributed by atoms with Gasteiger partial charge in [0.05, 0.1) is 17.8 Å². The van der Waals surface area contributed by atoms with Gasteiger partial charge in [0.2, 0.25) is 11.9 Å². The molecule has 0 saturated carbocycles. The summed E-state index contributed by atoms with van der Waals surface area (Å²) in [6.45, 7) is 4.05. The number of unbranched alkanes of at least 4 members (excludes halogenated alkanes) is 2. The molecular weight excluding hydrogens is 423 g/mol. The van der Waals surface area contributed by atoms with Gasteiger partial charge in [-0.1, -0.05) is 69.2 Å². The molecule has 7 heteroatoms. The van der Waals surface area contributed by atoms with Crippen LogP contribution in [0.2, 0.25) is 0 Å². The third kappa shape index (κ3) is 5.30. The molecule has 33 heavy (non-hydrogen) atoms. The van der Waals surface area contributed by atoms with E-state index >= 15 is 4.39 Å². The van der Waals surface area contributed by atoms with Crippen LogP contribution in [0.3, 0.4) is 0 Å². The lowest BCUT2D eigenvalue weighted by Crippen LogP contribution is -2.30. The molecular formula is C26H29FN2O4. The highest BCUT2D eigenvalue weighted by Gasteiger charge is 2.23. The van der Waals surface area contributed by atoms with E-state index in [1.807, 2.05) is 13.8 Å². The van der Waals surface area contributed by atoms with E-state index in [9.17, 15) is 19.5 Å². The van der Waals surface area contributed by atoms with Crippen molar-refractivity contribution in [1.82, 2.24) is 9.13 Å². The molecule has 0 aliphatic rings. The zero-order valence-electron chi connectivity index (χ0n) is 19.0. The Labute approximate surface area is 192 Å². The molecule has 0 spiro atoms. The van der Waals surface area contributed by atoms with Crippen LogP contribution in [-0.2, 0) is 13.0 Å². The average molecular weight is 453 g/mol. The quantitative estimate of drug-likeness (QED) is 0.448. The Bertz CT molecular complexity index is 1190. The minimum Gasteiger partial charge on any atom is -0.478 e. The molecule has 0 aliphatic heterocycles. The smallest absolute Gasteiger partial charge is 0.337 e. The van der Waals surface area contributed by atoms with Crippen LogP contribution < -0.4 is 5.69 Å². The predicted molar refractivity (Wildman–Crippen MR) is 125 cm³/mol. The van der Waals surface area contributed by atoms with Crippen molar-refractivity contribution in [1.29, 1.82) is 0 Å². The molecule has 1 heterocycles. The first-order valence-corrected chi connectivity index (χ1v) is 11.3. The molecule has 0 radical (unpaired) electrons. The number of rotatable bonds is 10. The Morgan fingerprint density at radius 3 is 2.27 bits per heavy atom. The van der Waals surface area contributed by atoms with Gasteiger partial charge in [0.25, 0.3) is 0 Å². The summed E-state index contributed by atoms with van der Waals surface area (Å²) in [5.74, 6) is -2.29. The molecule has 174 valence electrons. The molecule has 1 N–H and O–H groups in total. The highest BCUT2D eigenvalue weighted by molar-refractivity contribution is 5.96. The number of carboxylic acids is 1. The summed E-state index contributed by atoms with van der Waals surface area (Å²) < 4.78 is 17.1. The van der Waals surface area contributed by atoms with Crippen molar-refractivity contribution in [3.05, 3.63) is 81.8 Å². The van der Waals surface area contributed by atoms with E-state index in [0.29, 0.717) is 29.4 Å².